The smallest absolute Gasteiger partial charge is 0.310 e. The Kier molecular flexibility index (Phi) is 3.90. The van der Waals surface area contributed by atoms with Crippen LogP contribution in [0.1, 0.15) is 20.3 Å². The van der Waals surface area contributed by atoms with Gasteiger partial charge in [0.1, 0.15) is 0 Å². The first-order chi connectivity index (χ1) is 7.62. The molecule has 0 bridgehead atoms. The lowest BCUT2D eigenvalue weighted by molar-refractivity contribution is -0.142. The molecule has 1 N–H and O–H groups in total. The lowest BCUT2D eigenvalue weighted by atomic mass is 10.00. The molecule has 0 radical (unpaired) electrons. The van der Waals surface area contributed by atoms with Crippen LogP contribution in [0.4, 0.5) is 0 Å². The number of esters is 1. The maximum atomic E-state index is 11.3. The summed E-state index contributed by atoms with van der Waals surface area (Å²) in [4.78, 5) is 18.1. The van der Waals surface area contributed by atoms with E-state index in [2.05, 4.69) is 20.3 Å². The van der Waals surface area contributed by atoms with Gasteiger partial charge in [0, 0.05) is 11.1 Å². The van der Waals surface area contributed by atoms with E-state index in [4.69, 9.17) is 10.3 Å². The second-order valence-corrected chi connectivity index (χ2v) is 3.29. The van der Waals surface area contributed by atoms with Gasteiger partial charge in [-0.1, -0.05) is 5.11 Å². The second-order valence-electron chi connectivity index (χ2n) is 3.29. The van der Waals surface area contributed by atoms with Gasteiger partial charge in [0.05, 0.1) is 19.4 Å². The van der Waals surface area contributed by atoms with Crippen molar-refractivity contribution >= 4 is 12.3 Å². The molecule has 1 heterocycles. The van der Waals surface area contributed by atoms with E-state index in [1.54, 1.807) is 20.0 Å². The molecular weight excluding hydrogens is 210 g/mol. The highest BCUT2D eigenvalue weighted by Crippen LogP contribution is 2.27. The molecular formula is C9H13N5O2. The van der Waals surface area contributed by atoms with Gasteiger partial charge in [-0.25, -0.2) is 0 Å². The highest BCUT2D eigenvalue weighted by molar-refractivity contribution is 5.74. The Balaban J connectivity index is 2.81. The molecule has 1 rings (SSSR count). The summed E-state index contributed by atoms with van der Waals surface area (Å²) in [7, 11) is 0. The van der Waals surface area contributed by atoms with Gasteiger partial charge >= 0.3 is 5.97 Å². The third-order valence-corrected chi connectivity index (χ3v) is 2.14. The summed E-state index contributed by atoms with van der Waals surface area (Å²) in [5.41, 5.74) is 7.99. The number of rotatable bonds is 4. The van der Waals surface area contributed by atoms with Crippen LogP contribution in [0, 0.1) is 0 Å². The van der Waals surface area contributed by atoms with E-state index < -0.39 is 5.66 Å². The van der Waals surface area contributed by atoms with Crippen LogP contribution in [0.25, 0.3) is 10.4 Å². The number of carbonyl (C=O) groups excluding carboxylic acids is 1. The minimum atomic E-state index is -1.05. The molecule has 1 atom stereocenters. The molecule has 1 unspecified atom stereocenters. The molecule has 0 spiro atoms. The highest BCUT2D eigenvalue weighted by Gasteiger charge is 2.30. The van der Waals surface area contributed by atoms with Crippen LogP contribution >= 0.6 is 0 Å². The standard InChI is InChI=1S/C9H13N5O2/c1-3-16-8(15)4-7-5-11-6-12-9(7,2)13-14-10/h5-6H,3-4H2,1-2H3,(H,11,12). The molecule has 0 fully saturated rings. The van der Waals surface area contributed by atoms with Crippen molar-refractivity contribution in [2.45, 2.75) is 25.9 Å². The van der Waals surface area contributed by atoms with Crippen LogP contribution in [-0.2, 0) is 9.53 Å². The molecule has 7 heteroatoms. The average Bonchev–Trinajstić information content (AvgIpc) is 2.22. The largest absolute Gasteiger partial charge is 0.466 e. The molecule has 0 aromatic carbocycles. The molecule has 0 saturated carbocycles. The van der Waals surface area contributed by atoms with Crippen molar-refractivity contribution in [2.75, 3.05) is 6.61 Å². The molecule has 0 aromatic rings. The molecule has 7 nitrogen and oxygen atoms in total. The summed E-state index contributed by atoms with van der Waals surface area (Å²) in [6.45, 7) is 3.69. The number of nitrogens with zero attached hydrogens (tertiary/aromatic N) is 4. The van der Waals surface area contributed by atoms with Crippen molar-refractivity contribution in [3.05, 3.63) is 22.2 Å². The van der Waals surface area contributed by atoms with E-state index in [9.17, 15) is 4.79 Å². The monoisotopic (exact) mass is 223 g/mol. The maximum Gasteiger partial charge on any atom is 0.310 e. The Labute approximate surface area is 92.8 Å². The SMILES string of the molecule is CCOC(=O)CC1=CNC=NC1(C)N=[N+]=[N-]. The lowest BCUT2D eigenvalue weighted by Gasteiger charge is -2.25. The zero-order chi connectivity index (χ0) is 12.0. The molecule has 0 aromatic heterocycles. The maximum absolute atomic E-state index is 11.3. The highest BCUT2D eigenvalue weighted by atomic mass is 16.5. The molecule has 1 aliphatic heterocycles. The normalized spacial score (nSPS) is 22.8. The number of aliphatic imine (C=N–C) groups is 1. The number of hydrogen-bond donors (Lipinski definition) is 1. The molecule has 0 amide bonds. The van der Waals surface area contributed by atoms with Crippen LogP contribution in [-0.4, -0.2) is 24.6 Å². The zero-order valence-electron chi connectivity index (χ0n) is 9.17. The third-order valence-electron chi connectivity index (χ3n) is 2.14. The zero-order valence-corrected chi connectivity index (χ0v) is 9.17. The van der Waals surface area contributed by atoms with Gasteiger partial charge in [-0.3, -0.25) is 9.79 Å². The fourth-order valence-corrected chi connectivity index (χ4v) is 1.28. The van der Waals surface area contributed by atoms with Crippen molar-refractivity contribution in [1.82, 2.24) is 5.32 Å². The van der Waals surface area contributed by atoms with Crippen LogP contribution in [0.2, 0.25) is 0 Å². The molecule has 0 aliphatic carbocycles. The average molecular weight is 223 g/mol. The van der Waals surface area contributed by atoms with Gasteiger partial charge in [-0.2, -0.15) is 0 Å². The molecule has 16 heavy (non-hydrogen) atoms. The molecule has 0 saturated heterocycles. The van der Waals surface area contributed by atoms with Gasteiger partial charge < -0.3 is 10.1 Å². The first kappa shape index (κ1) is 12.1. The summed E-state index contributed by atoms with van der Waals surface area (Å²) >= 11 is 0. The van der Waals surface area contributed by atoms with Gasteiger partial charge in [0.15, 0.2) is 5.66 Å². The van der Waals surface area contributed by atoms with Crippen molar-refractivity contribution in [2.24, 2.45) is 10.1 Å². The van der Waals surface area contributed by atoms with Gasteiger partial charge in [0.25, 0.3) is 0 Å². The van der Waals surface area contributed by atoms with Crippen LogP contribution < -0.4 is 5.32 Å². The van der Waals surface area contributed by atoms with Crippen molar-refractivity contribution in [3.8, 4) is 0 Å². The van der Waals surface area contributed by atoms with E-state index in [1.165, 1.54) is 6.34 Å². The van der Waals surface area contributed by atoms with E-state index in [1.807, 2.05) is 0 Å². The fourth-order valence-electron chi connectivity index (χ4n) is 1.28. The quantitative estimate of drug-likeness (QED) is 0.338. The summed E-state index contributed by atoms with van der Waals surface area (Å²) < 4.78 is 4.82. The predicted octanol–water partition coefficient (Wildman–Crippen LogP) is 1.48. The Morgan fingerprint density at radius 2 is 2.56 bits per heavy atom. The first-order valence-electron chi connectivity index (χ1n) is 4.83. The van der Waals surface area contributed by atoms with Gasteiger partial charge in [0.2, 0.25) is 0 Å². The van der Waals surface area contributed by atoms with Crippen LogP contribution in [0.3, 0.4) is 0 Å². The summed E-state index contributed by atoms with van der Waals surface area (Å²) in [5.74, 6) is -0.369. The Bertz CT molecular complexity index is 383. The number of nitrogens with one attached hydrogen (secondary N) is 1. The Morgan fingerprint density at radius 1 is 1.81 bits per heavy atom. The number of hydrogen-bond acceptors (Lipinski definition) is 5. The molecule has 1 aliphatic rings. The number of carbonyl (C=O) groups is 1. The Hall–Kier alpha value is -2.01. The third kappa shape index (κ3) is 2.74. The number of ether oxygens (including phenoxy) is 1. The van der Waals surface area contributed by atoms with Crippen molar-refractivity contribution < 1.29 is 9.53 Å². The van der Waals surface area contributed by atoms with E-state index in [0.717, 1.165) is 0 Å². The van der Waals surface area contributed by atoms with E-state index in [-0.39, 0.29) is 12.4 Å². The predicted molar refractivity (Wildman–Crippen MR) is 58.5 cm³/mol. The lowest BCUT2D eigenvalue weighted by Crippen LogP contribution is -2.30. The topological polar surface area (TPSA) is 99.5 Å². The number of azide groups is 1. The molecule has 86 valence electrons. The second kappa shape index (κ2) is 5.18. The summed E-state index contributed by atoms with van der Waals surface area (Å²) in [5, 5.41) is 6.33. The fraction of sp³-hybridized carbons (Fsp3) is 0.556. The summed E-state index contributed by atoms with van der Waals surface area (Å²) in [6, 6.07) is 0. The van der Waals surface area contributed by atoms with Gasteiger partial charge in [-0.15, -0.1) is 0 Å². The Morgan fingerprint density at radius 3 is 3.19 bits per heavy atom. The van der Waals surface area contributed by atoms with Crippen molar-refractivity contribution in [1.29, 1.82) is 0 Å². The van der Waals surface area contributed by atoms with Crippen molar-refractivity contribution in [3.63, 3.8) is 0 Å². The summed E-state index contributed by atoms with van der Waals surface area (Å²) in [6.07, 6.45) is 3.07. The van der Waals surface area contributed by atoms with E-state index in [0.29, 0.717) is 12.2 Å². The minimum absolute atomic E-state index is 0.0493. The first-order valence-corrected chi connectivity index (χ1v) is 4.83. The van der Waals surface area contributed by atoms with E-state index >= 15 is 0 Å². The minimum Gasteiger partial charge on any atom is -0.466 e. The van der Waals surface area contributed by atoms with Crippen LogP contribution in [0.15, 0.2) is 21.9 Å². The van der Waals surface area contributed by atoms with Crippen LogP contribution in [0.5, 0.6) is 0 Å². The van der Waals surface area contributed by atoms with Gasteiger partial charge in [-0.05, 0) is 25.0 Å².